The summed E-state index contributed by atoms with van der Waals surface area (Å²) in [7, 11) is 0. The van der Waals surface area contributed by atoms with E-state index in [-0.39, 0.29) is 11.5 Å². The molecule has 0 aliphatic carbocycles. The number of hydrogen-bond donors (Lipinski definition) is 1. The van der Waals surface area contributed by atoms with Gasteiger partial charge in [0.1, 0.15) is 5.60 Å². The average molecular weight is 352 g/mol. The molecule has 1 amide bonds. The first-order valence-electron chi connectivity index (χ1n) is 9.52. The predicted molar refractivity (Wildman–Crippen MR) is 98.1 cm³/mol. The number of para-hydroxylation sites is 1. The molecule has 1 N–H and O–H groups in total. The first-order chi connectivity index (χ1) is 12.8. The van der Waals surface area contributed by atoms with Crippen LogP contribution in [0.4, 0.5) is 5.69 Å². The third kappa shape index (κ3) is 2.56. The van der Waals surface area contributed by atoms with Crippen LogP contribution in [0.25, 0.3) is 0 Å². The van der Waals surface area contributed by atoms with E-state index in [1.54, 1.807) is 0 Å². The van der Waals surface area contributed by atoms with Gasteiger partial charge in [0, 0.05) is 25.3 Å². The summed E-state index contributed by atoms with van der Waals surface area (Å²) < 4.78 is 6.20. The van der Waals surface area contributed by atoms with Crippen LogP contribution in [0.3, 0.4) is 0 Å². The van der Waals surface area contributed by atoms with E-state index in [1.165, 1.54) is 11.1 Å². The number of aromatic nitrogens is 2. The van der Waals surface area contributed by atoms with Crippen molar-refractivity contribution in [3.05, 3.63) is 47.3 Å². The number of carbonyl (C=O) groups excluding carboxylic acids is 1. The molecule has 1 aromatic carbocycles. The highest BCUT2D eigenvalue weighted by Gasteiger charge is 2.42. The first kappa shape index (κ1) is 16.0. The second-order valence-electron chi connectivity index (χ2n) is 7.56. The van der Waals surface area contributed by atoms with E-state index < -0.39 is 0 Å². The van der Waals surface area contributed by atoms with E-state index in [1.807, 2.05) is 23.2 Å². The van der Waals surface area contributed by atoms with Crippen molar-refractivity contribution in [1.29, 1.82) is 0 Å². The molecule has 0 saturated carbocycles. The van der Waals surface area contributed by atoms with Crippen LogP contribution < -0.4 is 4.90 Å². The molecule has 136 valence electrons. The molecule has 2 aromatic rings. The van der Waals surface area contributed by atoms with Gasteiger partial charge >= 0.3 is 0 Å². The number of aromatic amines is 1. The van der Waals surface area contributed by atoms with Gasteiger partial charge in [-0.3, -0.25) is 14.8 Å². The van der Waals surface area contributed by atoms with Crippen molar-refractivity contribution in [3.8, 4) is 0 Å². The van der Waals surface area contributed by atoms with Crippen molar-refractivity contribution < 1.29 is 9.53 Å². The maximum atomic E-state index is 12.8. The Bertz CT molecular complexity index is 823. The second-order valence-corrected chi connectivity index (χ2v) is 7.56. The van der Waals surface area contributed by atoms with E-state index in [2.05, 4.69) is 27.2 Å². The molecule has 5 rings (SSSR count). The molecule has 1 spiro atoms. The van der Waals surface area contributed by atoms with Gasteiger partial charge in [-0.05, 0) is 42.9 Å². The Hall–Kier alpha value is -2.18. The molecule has 3 aliphatic heterocycles. The van der Waals surface area contributed by atoms with E-state index in [9.17, 15) is 4.79 Å². The van der Waals surface area contributed by atoms with Gasteiger partial charge in [0.05, 0.1) is 25.0 Å². The number of nitrogens with zero attached hydrogens (tertiary/aromatic N) is 3. The molecule has 0 atom stereocenters. The molecule has 6 heteroatoms. The van der Waals surface area contributed by atoms with Crippen molar-refractivity contribution in [1.82, 2.24) is 15.1 Å². The monoisotopic (exact) mass is 352 g/mol. The highest BCUT2D eigenvalue weighted by molar-refractivity contribution is 5.96. The summed E-state index contributed by atoms with van der Waals surface area (Å²) in [5.41, 5.74) is 4.58. The van der Waals surface area contributed by atoms with Crippen LogP contribution in [0.2, 0.25) is 0 Å². The van der Waals surface area contributed by atoms with E-state index in [4.69, 9.17) is 4.74 Å². The summed E-state index contributed by atoms with van der Waals surface area (Å²) in [6.45, 7) is 3.80. The number of carbonyl (C=O) groups is 1. The normalized spacial score (nSPS) is 21.6. The molecule has 0 unspecified atom stereocenters. The van der Waals surface area contributed by atoms with Crippen LogP contribution in [0.15, 0.2) is 30.5 Å². The van der Waals surface area contributed by atoms with Gasteiger partial charge in [-0.1, -0.05) is 18.2 Å². The second kappa shape index (κ2) is 6.21. The van der Waals surface area contributed by atoms with Crippen molar-refractivity contribution in [2.45, 2.75) is 31.3 Å². The van der Waals surface area contributed by atoms with Gasteiger partial charge < -0.3 is 9.64 Å². The SMILES string of the molecule is O=C(CN1CCC2(CC1)OCCc1cn[nH]c12)N1CCc2ccccc21. The lowest BCUT2D eigenvalue weighted by atomic mass is 9.84. The number of nitrogens with one attached hydrogen (secondary N) is 1. The Labute approximate surface area is 153 Å². The fourth-order valence-electron chi connectivity index (χ4n) is 4.66. The Morgan fingerprint density at radius 1 is 1.15 bits per heavy atom. The molecule has 0 bridgehead atoms. The number of H-pyrrole nitrogens is 1. The molecule has 1 fully saturated rings. The topological polar surface area (TPSA) is 61.5 Å². The summed E-state index contributed by atoms with van der Waals surface area (Å²) in [4.78, 5) is 17.1. The number of rotatable bonds is 2. The Balaban J connectivity index is 1.24. The molecule has 0 radical (unpaired) electrons. The summed E-state index contributed by atoms with van der Waals surface area (Å²) in [6.07, 6.45) is 5.64. The lowest BCUT2D eigenvalue weighted by Crippen LogP contribution is -2.49. The summed E-state index contributed by atoms with van der Waals surface area (Å²) in [5.74, 6) is 0.206. The summed E-state index contributed by atoms with van der Waals surface area (Å²) in [6, 6.07) is 8.24. The highest BCUT2D eigenvalue weighted by atomic mass is 16.5. The zero-order chi connectivity index (χ0) is 17.6. The van der Waals surface area contributed by atoms with Crippen molar-refractivity contribution in [2.75, 3.05) is 37.7 Å². The average Bonchev–Trinajstić information content (AvgIpc) is 3.31. The Morgan fingerprint density at radius 3 is 2.88 bits per heavy atom. The first-order valence-corrected chi connectivity index (χ1v) is 9.52. The van der Waals surface area contributed by atoms with E-state index in [0.29, 0.717) is 6.54 Å². The summed E-state index contributed by atoms with van der Waals surface area (Å²) >= 11 is 0. The number of benzene rings is 1. The standard InChI is InChI=1S/C20H24N4O2/c25-18(24-9-5-15-3-1-2-4-17(15)24)14-23-10-7-20(8-11-23)19-16(6-12-26-20)13-21-22-19/h1-4,13H,5-12,14H2,(H,21,22). The molecule has 1 aromatic heterocycles. The maximum absolute atomic E-state index is 12.8. The lowest BCUT2D eigenvalue weighted by Gasteiger charge is -2.43. The van der Waals surface area contributed by atoms with Crippen LogP contribution >= 0.6 is 0 Å². The maximum Gasteiger partial charge on any atom is 0.241 e. The number of fused-ring (bicyclic) bond motifs is 3. The van der Waals surface area contributed by atoms with Crippen LogP contribution in [-0.4, -0.2) is 53.8 Å². The van der Waals surface area contributed by atoms with Crippen LogP contribution in [-0.2, 0) is 28.0 Å². The number of hydrogen-bond acceptors (Lipinski definition) is 4. The fraction of sp³-hybridized carbons (Fsp3) is 0.500. The largest absolute Gasteiger partial charge is 0.368 e. The number of anilines is 1. The zero-order valence-corrected chi connectivity index (χ0v) is 14.9. The summed E-state index contributed by atoms with van der Waals surface area (Å²) in [5, 5.41) is 7.38. The molecule has 3 aliphatic rings. The van der Waals surface area contributed by atoms with Gasteiger partial charge in [-0.25, -0.2) is 0 Å². The van der Waals surface area contributed by atoms with Crippen LogP contribution in [0, 0.1) is 0 Å². The predicted octanol–water partition coefficient (Wildman–Crippen LogP) is 1.86. The van der Waals surface area contributed by atoms with Gasteiger partial charge in [-0.2, -0.15) is 5.10 Å². The number of amides is 1. The van der Waals surface area contributed by atoms with Gasteiger partial charge in [-0.15, -0.1) is 0 Å². The fourth-order valence-corrected chi connectivity index (χ4v) is 4.66. The van der Waals surface area contributed by atoms with Crippen LogP contribution in [0.5, 0.6) is 0 Å². The minimum absolute atomic E-state index is 0.206. The molecule has 1 saturated heterocycles. The van der Waals surface area contributed by atoms with E-state index in [0.717, 1.165) is 63.3 Å². The molecule has 6 nitrogen and oxygen atoms in total. The zero-order valence-electron chi connectivity index (χ0n) is 14.9. The Kier molecular flexibility index (Phi) is 3.83. The van der Waals surface area contributed by atoms with Crippen molar-refractivity contribution >= 4 is 11.6 Å². The number of piperidine rings is 1. The number of likely N-dealkylation sites (tertiary alicyclic amines) is 1. The molecule has 26 heavy (non-hydrogen) atoms. The lowest BCUT2D eigenvalue weighted by molar-refractivity contribution is -0.124. The van der Waals surface area contributed by atoms with E-state index >= 15 is 0 Å². The minimum atomic E-state index is -0.232. The van der Waals surface area contributed by atoms with Crippen molar-refractivity contribution in [3.63, 3.8) is 0 Å². The Morgan fingerprint density at radius 2 is 2.00 bits per heavy atom. The molecule has 4 heterocycles. The minimum Gasteiger partial charge on any atom is -0.368 e. The quantitative estimate of drug-likeness (QED) is 0.896. The van der Waals surface area contributed by atoms with Gasteiger partial charge in [0.2, 0.25) is 5.91 Å². The highest BCUT2D eigenvalue weighted by Crippen LogP contribution is 2.40. The molecular formula is C20H24N4O2. The van der Waals surface area contributed by atoms with Crippen molar-refractivity contribution in [2.24, 2.45) is 0 Å². The smallest absolute Gasteiger partial charge is 0.241 e. The third-order valence-corrected chi connectivity index (χ3v) is 6.13. The molecular weight excluding hydrogens is 328 g/mol. The van der Waals surface area contributed by atoms with Gasteiger partial charge in [0.25, 0.3) is 0 Å². The third-order valence-electron chi connectivity index (χ3n) is 6.13. The van der Waals surface area contributed by atoms with Gasteiger partial charge in [0.15, 0.2) is 0 Å². The van der Waals surface area contributed by atoms with Crippen LogP contribution in [0.1, 0.15) is 29.7 Å². The number of ether oxygens (including phenoxy) is 1.